The van der Waals surface area contributed by atoms with Crippen molar-refractivity contribution in [3.8, 4) is 0 Å². The van der Waals surface area contributed by atoms with Crippen LogP contribution in [0.25, 0.3) is 0 Å². The molecule has 1 aliphatic heterocycles. The zero-order valence-corrected chi connectivity index (χ0v) is 24.9. The summed E-state index contributed by atoms with van der Waals surface area (Å²) in [7, 11) is 0. The molecule has 6 rings (SSSR count). The van der Waals surface area contributed by atoms with E-state index in [2.05, 4.69) is 48.5 Å². The molecule has 0 spiro atoms. The van der Waals surface area contributed by atoms with Gasteiger partial charge in [-0.15, -0.1) is 0 Å². The van der Waals surface area contributed by atoms with Crippen LogP contribution < -0.4 is 16.0 Å². The topological polar surface area (TPSA) is 68.8 Å². The predicted molar refractivity (Wildman–Crippen MR) is 163 cm³/mol. The molecule has 2 bridgehead atoms. The molecule has 4 aliphatic rings. The first-order valence-corrected chi connectivity index (χ1v) is 15.0. The van der Waals surface area contributed by atoms with Gasteiger partial charge >= 0.3 is 0 Å². The fourth-order valence-electron chi connectivity index (χ4n) is 6.73. The Bertz CT molecular complexity index is 1210. The van der Waals surface area contributed by atoms with Gasteiger partial charge in [-0.05, 0) is 91.3 Å². The lowest BCUT2D eigenvalue weighted by molar-refractivity contribution is -0.116. The van der Waals surface area contributed by atoms with Gasteiger partial charge in [0.25, 0.3) is 0 Å². The van der Waals surface area contributed by atoms with Crippen LogP contribution >= 0.6 is 23.2 Å². The van der Waals surface area contributed by atoms with Crippen molar-refractivity contribution >= 4 is 46.4 Å². The summed E-state index contributed by atoms with van der Waals surface area (Å²) < 4.78 is 0. The normalized spacial score (nSPS) is 28.0. The van der Waals surface area contributed by atoms with Crippen molar-refractivity contribution in [1.82, 2.24) is 10.2 Å². The van der Waals surface area contributed by atoms with Gasteiger partial charge in [-0.2, -0.15) is 0 Å². The lowest BCUT2D eigenvalue weighted by Crippen LogP contribution is -2.57. The minimum absolute atomic E-state index is 0.0495. The Hall–Kier alpha value is -2.28. The number of guanidine groups is 1. The second kappa shape index (κ2) is 11.7. The van der Waals surface area contributed by atoms with Crippen LogP contribution in [0.2, 0.25) is 10.0 Å². The molecule has 4 fully saturated rings. The van der Waals surface area contributed by atoms with E-state index in [1.807, 2.05) is 30.3 Å². The van der Waals surface area contributed by atoms with E-state index in [4.69, 9.17) is 28.2 Å². The molecule has 3 N–H and O–H groups in total. The van der Waals surface area contributed by atoms with Gasteiger partial charge in [0.15, 0.2) is 5.96 Å². The van der Waals surface area contributed by atoms with Crippen LogP contribution in [0, 0.1) is 23.2 Å². The number of aryl methyl sites for hydroxylation is 1. The number of nitrogens with zero attached hydrogens (tertiary/aromatic N) is 2. The van der Waals surface area contributed by atoms with Crippen molar-refractivity contribution in [2.24, 2.45) is 28.2 Å². The van der Waals surface area contributed by atoms with Gasteiger partial charge in [0.1, 0.15) is 0 Å². The summed E-state index contributed by atoms with van der Waals surface area (Å²) >= 11 is 12.2. The van der Waals surface area contributed by atoms with Gasteiger partial charge in [0.05, 0.1) is 6.04 Å². The molecule has 6 nitrogen and oxygen atoms in total. The maximum absolute atomic E-state index is 12.6. The first-order valence-electron chi connectivity index (χ1n) is 14.3. The van der Waals surface area contributed by atoms with Crippen molar-refractivity contribution in [3.63, 3.8) is 0 Å². The lowest BCUT2D eigenvalue weighted by atomic mass is 9.45. The number of piperazine rings is 1. The minimum atomic E-state index is -0.0495. The van der Waals surface area contributed by atoms with Gasteiger partial charge in [0.2, 0.25) is 5.91 Å². The molecular weight excluding hydrogens is 529 g/mol. The smallest absolute Gasteiger partial charge is 0.224 e. The summed E-state index contributed by atoms with van der Waals surface area (Å²) in [5, 5.41) is 11.4. The number of aliphatic imine (C=N–C) groups is 1. The lowest BCUT2D eigenvalue weighted by Gasteiger charge is -2.61. The van der Waals surface area contributed by atoms with E-state index >= 15 is 0 Å². The third-order valence-corrected chi connectivity index (χ3v) is 9.92. The van der Waals surface area contributed by atoms with Crippen LogP contribution in [0.4, 0.5) is 11.4 Å². The molecule has 1 amide bonds. The van der Waals surface area contributed by atoms with Gasteiger partial charge in [0, 0.05) is 53.5 Å². The fraction of sp³-hybridized carbons (Fsp3) is 0.548. The quantitative estimate of drug-likeness (QED) is 0.267. The molecule has 2 aromatic rings. The van der Waals surface area contributed by atoms with Crippen LogP contribution in [0.3, 0.4) is 0 Å². The third kappa shape index (κ3) is 6.39. The Balaban J connectivity index is 1.23. The third-order valence-electron chi connectivity index (χ3n) is 9.33. The standard InChI is InChI=1S/C31H41Cl2N5O/c1-19-18-38(14-13-34-19)30(37-28-16-22-15-26(20(28)2)31(22,3)4)36-25-10-8-24(9-11-25)35-29(39)12-6-21-5-7-23(32)17-27(21)33/h5,7-11,17,19-20,22,26,28,34H,6,12-16,18H2,1-4H3,(H,35,39)(H,36,37)/t19-,20?,22+,26+,28?/m0/s1. The average molecular weight is 571 g/mol. The number of amides is 1. The summed E-state index contributed by atoms with van der Waals surface area (Å²) in [4.78, 5) is 20.3. The number of rotatable bonds is 6. The number of nitrogens with one attached hydrogen (secondary N) is 3. The highest BCUT2D eigenvalue weighted by molar-refractivity contribution is 6.35. The number of hydrogen-bond acceptors (Lipinski definition) is 3. The average Bonchev–Trinajstić information content (AvgIpc) is 2.89. The van der Waals surface area contributed by atoms with E-state index in [1.54, 1.807) is 12.1 Å². The highest BCUT2D eigenvalue weighted by Gasteiger charge is 2.56. The molecule has 0 aromatic heterocycles. The molecule has 3 saturated carbocycles. The van der Waals surface area contributed by atoms with Crippen molar-refractivity contribution in [2.75, 3.05) is 30.3 Å². The van der Waals surface area contributed by atoms with Crippen LogP contribution in [0.15, 0.2) is 47.5 Å². The summed E-state index contributed by atoms with van der Waals surface area (Å²) in [5.41, 5.74) is 3.10. The summed E-state index contributed by atoms with van der Waals surface area (Å²) in [5.74, 6) is 3.03. The summed E-state index contributed by atoms with van der Waals surface area (Å²) in [6.45, 7) is 12.3. The SMILES string of the molecule is CC1C(N=C(Nc2ccc(NC(=O)CCc3ccc(Cl)cc3Cl)cc2)N2CCN[C@@H](C)C2)C[C@H]2C[C@H]1C2(C)C. The molecule has 1 saturated heterocycles. The van der Waals surface area contributed by atoms with E-state index in [0.717, 1.165) is 54.4 Å². The molecule has 5 atom stereocenters. The van der Waals surface area contributed by atoms with E-state index in [0.29, 0.717) is 46.3 Å². The maximum atomic E-state index is 12.6. The zero-order valence-electron chi connectivity index (χ0n) is 23.4. The molecular formula is C31H41Cl2N5O. The Morgan fingerprint density at radius 1 is 1.08 bits per heavy atom. The van der Waals surface area contributed by atoms with Crippen molar-refractivity contribution < 1.29 is 4.79 Å². The Morgan fingerprint density at radius 2 is 1.79 bits per heavy atom. The zero-order chi connectivity index (χ0) is 27.7. The van der Waals surface area contributed by atoms with Crippen molar-refractivity contribution in [2.45, 2.75) is 65.5 Å². The Morgan fingerprint density at radius 3 is 2.44 bits per heavy atom. The van der Waals surface area contributed by atoms with Crippen molar-refractivity contribution in [3.05, 3.63) is 58.1 Å². The Kier molecular flexibility index (Phi) is 8.46. The molecule has 0 radical (unpaired) electrons. The van der Waals surface area contributed by atoms with Gasteiger partial charge in [-0.1, -0.05) is 50.0 Å². The predicted octanol–water partition coefficient (Wildman–Crippen LogP) is 6.70. The van der Waals surface area contributed by atoms with Crippen LogP contribution in [0.1, 0.15) is 52.5 Å². The largest absolute Gasteiger partial charge is 0.340 e. The molecule has 39 heavy (non-hydrogen) atoms. The number of benzene rings is 2. The van der Waals surface area contributed by atoms with E-state index < -0.39 is 0 Å². The molecule has 1 heterocycles. The van der Waals surface area contributed by atoms with Crippen molar-refractivity contribution in [1.29, 1.82) is 0 Å². The first-order chi connectivity index (χ1) is 18.6. The molecule has 2 unspecified atom stereocenters. The molecule has 3 aliphatic carbocycles. The second-order valence-electron chi connectivity index (χ2n) is 12.3. The molecule has 210 valence electrons. The van der Waals surface area contributed by atoms with Gasteiger partial charge in [-0.25, -0.2) is 4.99 Å². The number of halogens is 2. The van der Waals surface area contributed by atoms with Crippen LogP contribution in [0.5, 0.6) is 0 Å². The number of hydrogen-bond donors (Lipinski definition) is 3. The number of fused-ring (bicyclic) bond motifs is 2. The maximum Gasteiger partial charge on any atom is 0.224 e. The Labute approximate surface area is 242 Å². The fourth-order valence-corrected chi connectivity index (χ4v) is 7.23. The van der Waals surface area contributed by atoms with Gasteiger partial charge < -0.3 is 20.9 Å². The van der Waals surface area contributed by atoms with E-state index in [-0.39, 0.29) is 5.91 Å². The molecule has 8 heteroatoms. The number of carbonyl (C=O) groups is 1. The number of anilines is 2. The summed E-state index contributed by atoms with van der Waals surface area (Å²) in [6.07, 6.45) is 3.43. The monoisotopic (exact) mass is 569 g/mol. The highest BCUT2D eigenvalue weighted by atomic mass is 35.5. The second-order valence-corrected chi connectivity index (χ2v) is 13.1. The highest BCUT2D eigenvalue weighted by Crippen LogP contribution is 2.61. The number of carbonyl (C=O) groups excluding carboxylic acids is 1. The van der Waals surface area contributed by atoms with E-state index in [9.17, 15) is 4.79 Å². The first kappa shape index (κ1) is 28.3. The van der Waals surface area contributed by atoms with E-state index in [1.165, 1.54) is 12.8 Å². The minimum Gasteiger partial charge on any atom is -0.340 e. The van der Waals surface area contributed by atoms with Crippen LogP contribution in [-0.4, -0.2) is 48.5 Å². The molecule has 2 aromatic carbocycles. The summed E-state index contributed by atoms with van der Waals surface area (Å²) in [6, 6.07) is 14.0. The van der Waals surface area contributed by atoms with Gasteiger partial charge in [-0.3, -0.25) is 4.79 Å². The van der Waals surface area contributed by atoms with Crippen LogP contribution in [-0.2, 0) is 11.2 Å².